The van der Waals surface area contributed by atoms with Crippen molar-refractivity contribution in [3.8, 4) is 0 Å². The highest BCUT2D eigenvalue weighted by atomic mass is 79.9. The number of nitrogens with one attached hydrogen (secondary N) is 1. The molecule has 0 saturated carbocycles. The van der Waals surface area contributed by atoms with Gasteiger partial charge in [0.25, 0.3) is 0 Å². The average molecular weight is 328 g/mol. The highest BCUT2D eigenvalue weighted by molar-refractivity contribution is 9.11. The summed E-state index contributed by atoms with van der Waals surface area (Å²) in [4.78, 5) is 4.46. The van der Waals surface area contributed by atoms with Crippen LogP contribution in [-0.2, 0) is 12.8 Å². The van der Waals surface area contributed by atoms with Gasteiger partial charge in [0.2, 0.25) is 0 Å². The van der Waals surface area contributed by atoms with Crippen LogP contribution in [0.4, 0.5) is 0 Å². The van der Waals surface area contributed by atoms with E-state index in [2.05, 4.69) is 39.4 Å². The van der Waals surface area contributed by atoms with Gasteiger partial charge in [-0.15, -0.1) is 22.7 Å². The molecule has 0 radical (unpaired) electrons. The first-order valence-corrected chi connectivity index (χ1v) is 8.24. The minimum absolute atomic E-state index is 0.363. The van der Waals surface area contributed by atoms with E-state index >= 15 is 0 Å². The largest absolute Gasteiger partial charge is 0.308 e. The average Bonchev–Trinajstić information content (AvgIpc) is 2.95. The molecule has 2 aromatic rings. The SMILES string of the molecule is CNC(c1ccc(Br)s1)c1cc2c(s1)CCC2. The number of rotatable bonds is 3. The molecule has 0 spiro atoms. The van der Waals surface area contributed by atoms with Crippen molar-refractivity contribution < 1.29 is 0 Å². The van der Waals surface area contributed by atoms with Crippen LogP contribution < -0.4 is 5.32 Å². The van der Waals surface area contributed by atoms with E-state index in [1.54, 1.807) is 10.4 Å². The summed E-state index contributed by atoms with van der Waals surface area (Å²) in [6, 6.07) is 7.11. The normalized spacial score (nSPS) is 16.1. The topological polar surface area (TPSA) is 12.0 Å². The minimum Gasteiger partial charge on any atom is -0.308 e. The van der Waals surface area contributed by atoms with Crippen LogP contribution in [-0.4, -0.2) is 7.05 Å². The van der Waals surface area contributed by atoms with Crippen LogP contribution in [0.25, 0.3) is 0 Å². The first-order chi connectivity index (χ1) is 8.28. The molecule has 4 heteroatoms. The van der Waals surface area contributed by atoms with Gasteiger partial charge in [-0.3, -0.25) is 0 Å². The molecule has 1 aliphatic rings. The van der Waals surface area contributed by atoms with Crippen molar-refractivity contribution in [1.82, 2.24) is 5.32 Å². The smallest absolute Gasteiger partial charge is 0.0763 e. The second-order valence-electron chi connectivity index (χ2n) is 4.31. The number of thiophene rings is 2. The van der Waals surface area contributed by atoms with Crippen LogP contribution in [0, 0.1) is 0 Å². The van der Waals surface area contributed by atoms with Crippen LogP contribution in [0.1, 0.15) is 32.7 Å². The summed E-state index contributed by atoms with van der Waals surface area (Å²) in [5.41, 5.74) is 1.58. The van der Waals surface area contributed by atoms with Crippen molar-refractivity contribution >= 4 is 38.6 Å². The maximum Gasteiger partial charge on any atom is 0.0763 e. The molecule has 3 rings (SSSR count). The Hall–Kier alpha value is -0.160. The van der Waals surface area contributed by atoms with E-state index in [1.165, 1.54) is 32.8 Å². The molecule has 0 aromatic carbocycles. The number of hydrogen-bond donors (Lipinski definition) is 1. The van der Waals surface area contributed by atoms with Crippen LogP contribution in [0.2, 0.25) is 0 Å². The second-order valence-corrected chi connectivity index (χ2v) is 7.98. The Morgan fingerprint density at radius 1 is 1.24 bits per heavy atom. The van der Waals surface area contributed by atoms with Gasteiger partial charge in [0, 0.05) is 14.6 Å². The maximum absolute atomic E-state index is 3.54. The first kappa shape index (κ1) is 11.9. The van der Waals surface area contributed by atoms with Gasteiger partial charge < -0.3 is 5.32 Å². The van der Waals surface area contributed by atoms with Crippen LogP contribution in [0.15, 0.2) is 22.0 Å². The monoisotopic (exact) mass is 327 g/mol. The Bertz CT molecular complexity index is 508. The molecule has 1 aliphatic carbocycles. The summed E-state index contributed by atoms with van der Waals surface area (Å²) in [5, 5.41) is 3.44. The van der Waals surface area contributed by atoms with Gasteiger partial charge in [0.15, 0.2) is 0 Å². The van der Waals surface area contributed by atoms with Crippen molar-refractivity contribution in [3.05, 3.63) is 42.2 Å². The molecule has 2 aromatic heterocycles. The molecule has 1 atom stereocenters. The van der Waals surface area contributed by atoms with Gasteiger partial charge >= 0.3 is 0 Å². The third-order valence-electron chi connectivity index (χ3n) is 3.22. The summed E-state index contributed by atoms with van der Waals surface area (Å²) in [6.07, 6.45) is 3.90. The number of hydrogen-bond acceptors (Lipinski definition) is 3. The maximum atomic E-state index is 3.54. The first-order valence-electron chi connectivity index (χ1n) is 5.82. The zero-order chi connectivity index (χ0) is 11.8. The van der Waals surface area contributed by atoms with E-state index in [9.17, 15) is 0 Å². The van der Waals surface area contributed by atoms with Crippen molar-refractivity contribution in [2.45, 2.75) is 25.3 Å². The lowest BCUT2D eigenvalue weighted by atomic mass is 10.1. The molecule has 2 heterocycles. The van der Waals surface area contributed by atoms with Crippen molar-refractivity contribution in [2.75, 3.05) is 7.05 Å². The van der Waals surface area contributed by atoms with E-state index < -0.39 is 0 Å². The standard InChI is InChI=1S/C13H14BrNS2/c1-15-13(10-5-6-12(14)17-10)11-7-8-3-2-4-9(8)16-11/h5-7,13,15H,2-4H2,1H3. The Morgan fingerprint density at radius 2 is 2.12 bits per heavy atom. The molecule has 90 valence electrons. The molecule has 1 nitrogen and oxygen atoms in total. The van der Waals surface area contributed by atoms with Gasteiger partial charge in [-0.1, -0.05) is 0 Å². The predicted molar refractivity (Wildman–Crippen MR) is 79.3 cm³/mol. The number of halogens is 1. The third kappa shape index (κ3) is 2.24. The Labute approximate surface area is 118 Å². The summed E-state index contributed by atoms with van der Waals surface area (Å²) >= 11 is 7.35. The lowest BCUT2D eigenvalue weighted by molar-refractivity contribution is 0.715. The van der Waals surface area contributed by atoms with E-state index in [1.807, 2.05) is 29.7 Å². The second kappa shape index (κ2) is 4.84. The summed E-state index contributed by atoms with van der Waals surface area (Å²) in [5.74, 6) is 0. The Balaban J connectivity index is 1.94. The third-order valence-corrected chi connectivity index (χ3v) is 6.21. The number of aryl methyl sites for hydroxylation is 2. The summed E-state index contributed by atoms with van der Waals surface area (Å²) < 4.78 is 1.21. The van der Waals surface area contributed by atoms with Gasteiger partial charge in [0.05, 0.1) is 9.83 Å². The predicted octanol–water partition coefficient (Wildman–Crippen LogP) is 4.37. The van der Waals surface area contributed by atoms with E-state index in [0.29, 0.717) is 6.04 Å². The Morgan fingerprint density at radius 3 is 2.76 bits per heavy atom. The summed E-state index contributed by atoms with van der Waals surface area (Å²) in [6.45, 7) is 0. The molecule has 0 bridgehead atoms. The van der Waals surface area contributed by atoms with E-state index in [0.717, 1.165) is 0 Å². The quantitative estimate of drug-likeness (QED) is 0.882. The van der Waals surface area contributed by atoms with E-state index in [-0.39, 0.29) is 0 Å². The summed E-state index contributed by atoms with van der Waals surface area (Å²) in [7, 11) is 2.04. The highest BCUT2D eigenvalue weighted by Crippen LogP contribution is 2.38. The molecule has 1 N–H and O–H groups in total. The zero-order valence-corrected chi connectivity index (χ0v) is 12.8. The van der Waals surface area contributed by atoms with Gasteiger partial charge in [-0.25, -0.2) is 0 Å². The molecule has 0 fully saturated rings. The van der Waals surface area contributed by atoms with Gasteiger partial charge in [-0.2, -0.15) is 0 Å². The van der Waals surface area contributed by atoms with Crippen molar-refractivity contribution in [3.63, 3.8) is 0 Å². The molecule has 1 unspecified atom stereocenters. The molecule has 0 aliphatic heterocycles. The van der Waals surface area contributed by atoms with E-state index in [4.69, 9.17) is 0 Å². The molecule has 0 saturated heterocycles. The minimum atomic E-state index is 0.363. The number of fused-ring (bicyclic) bond motifs is 1. The lowest BCUT2D eigenvalue weighted by Crippen LogP contribution is -2.15. The van der Waals surface area contributed by atoms with Gasteiger partial charge in [0.1, 0.15) is 0 Å². The fourth-order valence-electron chi connectivity index (χ4n) is 2.40. The van der Waals surface area contributed by atoms with Crippen LogP contribution >= 0.6 is 38.6 Å². The fourth-order valence-corrected chi connectivity index (χ4v) is 5.42. The van der Waals surface area contributed by atoms with Crippen molar-refractivity contribution in [2.24, 2.45) is 0 Å². The fraction of sp³-hybridized carbons (Fsp3) is 0.385. The highest BCUT2D eigenvalue weighted by Gasteiger charge is 2.21. The lowest BCUT2D eigenvalue weighted by Gasteiger charge is -2.12. The van der Waals surface area contributed by atoms with Crippen LogP contribution in [0.3, 0.4) is 0 Å². The molecule has 17 heavy (non-hydrogen) atoms. The van der Waals surface area contributed by atoms with Crippen LogP contribution in [0.5, 0.6) is 0 Å². The van der Waals surface area contributed by atoms with Gasteiger partial charge in [-0.05, 0) is 66.0 Å². The molecular weight excluding hydrogens is 314 g/mol. The zero-order valence-electron chi connectivity index (χ0n) is 9.63. The molecular formula is C13H14BrNS2. The Kier molecular flexibility index (Phi) is 3.39. The molecule has 0 amide bonds. The van der Waals surface area contributed by atoms with Crippen molar-refractivity contribution in [1.29, 1.82) is 0 Å².